The Bertz CT molecular complexity index is 661. The SMILES string of the molecule is CC(C)(C)OC(=O)N1CCC2(CC[C@H]2NC(=O)OCc2ccccc2)CC1. The molecule has 148 valence electrons. The minimum Gasteiger partial charge on any atom is -0.445 e. The van der Waals surface area contributed by atoms with Gasteiger partial charge in [0.1, 0.15) is 12.2 Å². The van der Waals surface area contributed by atoms with Crippen molar-refractivity contribution in [3.8, 4) is 0 Å². The molecule has 1 aromatic rings. The van der Waals surface area contributed by atoms with Gasteiger partial charge in [-0.25, -0.2) is 9.59 Å². The van der Waals surface area contributed by atoms with E-state index in [-0.39, 0.29) is 30.3 Å². The van der Waals surface area contributed by atoms with E-state index >= 15 is 0 Å². The van der Waals surface area contributed by atoms with Gasteiger partial charge in [0.25, 0.3) is 0 Å². The van der Waals surface area contributed by atoms with Crippen molar-refractivity contribution in [2.24, 2.45) is 5.41 Å². The van der Waals surface area contributed by atoms with Crippen LogP contribution in [0.15, 0.2) is 30.3 Å². The fourth-order valence-electron chi connectivity index (χ4n) is 3.89. The third-order valence-electron chi connectivity index (χ3n) is 5.59. The molecule has 27 heavy (non-hydrogen) atoms. The second kappa shape index (κ2) is 7.79. The van der Waals surface area contributed by atoms with Gasteiger partial charge < -0.3 is 19.7 Å². The number of ether oxygens (including phenoxy) is 2. The van der Waals surface area contributed by atoms with E-state index in [1.165, 1.54) is 0 Å². The number of carbonyl (C=O) groups excluding carboxylic acids is 2. The van der Waals surface area contributed by atoms with Gasteiger partial charge in [0.15, 0.2) is 0 Å². The minimum absolute atomic E-state index is 0.0876. The van der Waals surface area contributed by atoms with Gasteiger partial charge in [0, 0.05) is 19.1 Å². The Morgan fingerprint density at radius 1 is 1.15 bits per heavy atom. The van der Waals surface area contributed by atoms with Gasteiger partial charge in [-0.05, 0) is 57.4 Å². The molecule has 6 nitrogen and oxygen atoms in total. The fourth-order valence-corrected chi connectivity index (χ4v) is 3.89. The maximum atomic E-state index is 12.2. The number of piperidine rings is 1. The van der Waals surface area contributed by atoms with Gasteiger partial charge in [0.05, 0.1) is 0 Å². The molecule has 1 heterocycles. The van der Waals surface area contributed by atoms with Crippen molar-refractivity contribution < 1.29 is 19.1 Å². The monoisotopic (exact) mass is 374 g/mol. The Hall–Kier alpha value is -2.24. The second-order valence-corrected chi connectivity index (χ2v) is 8.63. The van der Waals surface area contributed by atoms with Gasteiger partial charge >= 0.3 is 12.2 Å². The molecule has 3 rings (SSSR count). The predicted molar refractivity (Wildman–Crippen MR) is 102 cm³/mol. The van der Waals surface area contributed by atoms with Crippen LogP contribution in [-0.2, 0) is 16.1 Å². The van der Waals surface area contributed by atoms with E-state index in [0.717, 1.165) is 31.2 Å². The molecule has 6 heteroatoms. The number of rotatable bonds is 3. The lowest BCUT2D eigenvalue weighted by Gasteiger charge is -2.53. The smallest absolute Gasteiger partial charge is 0.410 e. The number of nitrogens with one attached hydrogen (secondary N) is 1. The average Bonchev–Trinajstić information content (AvgIpc) is 2.63. The molecule has 1 saturated carbocycles. The molecule has 0 unspecified atom stereocenters. The molecule has 0 aromatic heterocycles. The summed E-state index contributed by atoms with van der Waals surface area (Å²) in [7, 11) is 0. The van der Waals surface area contributed by atoms with Crippen molar-refractivity contribution in [3.63, 3.8) is 0 Å². The molecule has 1 aliphatic heterocycles. The Labute approximate surface area is 161 Å². The van der Waals surface area contributed by atoms with Crippen LogP contribution < -0.4 is 5.32 Å². The molecule has 1 N–H and O–H groups in total. The molecular formula is C21H30N2O4. The van der Waals surface area contributed by atoms with E-state index in [1.807, 2.05) is 51.1 Å². The first-order valence-corrected chi connectivity index (χ1v) is 9.73. The maximum Gasteiger partial charge on any atom is 0.410 e. The first-order valence-electron chi connectivity index (χ1n) is 9.73. The summed E-state index contributed by atoms with van der Waals surface area (Å²) >= 11 is 0. The van der Waals surface area contributed by atoms with E-state index in [0.29, 0.717) is 13.1 Å². The van der Waals surface area contributed by atoms with Gasteiger partial charge in [-0.1, -0.05) is 30.3 Å². The van der Waals surface area contributed by atoms with Crippen LogP contribution in [0.3, 0.4) is 0 Å². The summed E-state index contributed by atoms with van der Waals surface area (Å²) in [6.07, 6.45) is 3.21. The summed E-state index contributed by atoms with van der Waals surface area (Å²) in [4.78, 5) is 26.2. The van der Waals surface area contributed by atoms with E-state index in [9.17, 15) is 9.59 Å². The zero-order valence-corrected chi connectivity index (χ0v) is 16.5. The van der Waals surface area contributed by atoms with Crippen LogP contribution in [-0.4, -0.2) is 41.8 Å². The van der Waals surface area contributed by atoms with Crippen molar-refractivity contribution in [1.29, 1.82) is 0 Å². The summed E-state index contributed by atoms with van der Waals surface area (Å²) in [5.41, 5.74) is 0.584. The lowest BCUT2D eigenvalue weighted by molar-refractivity contribution is -0.0238. The van der Waals surface area contributed by atoms with E-state index in [2.05, 4.69) is 5.32 Å². The summed E-state index contributed by atoms with van der Waals surface area (Å²) in [5, 5.41) is 3.03. The van der Waals surface area contributed by atoms with Crippen LogP contribution in [0.5, 0.6) is 0 Å². The highest BCUT2D eigenvalue weighted by atomic mass is 16.6. The Morgan fingerprint density at radius 2 is 1.81 bits per heavy atom. The third-order valence-corrected chi connectivity index (χ3v) is 5.59. The van der Waals surface area contributed by atoms with Crippen LogP contribution in [0.4, 0.5) is 9.59 Å². The van der Waals surface area contributed by atoms with Crippen molar-refractivity contribution in [1.82, 2.24) is 10.2 Å². The van der Waals surface area contributed by atoms with Crippen LogP contribution in [0.25, 0.3) is 0 Å². The van der Waals surface area contributed by atoms with Gasteiger partial charge in [-0.2, -0.15) is 0 Å². The van der Waals surface area contributed by atoms with Crippen molar-refractivity contribution in [2.75, 3.05) is 13.1 Å². The zero-order valence-electron chi connectivity index (χ0n) is 16.5. The molecule has 2 fully saturated rings. The molecule has 1 aliphatic carbocycles. The van der Waals surface area contributed by atoms with E-state index in [4.69, 9.17) is 9.47 Å². The molecule has 2 aliphatic rings. The molecule has 2 amide bonds. The molecule has 0 radical (unpaired) electrons. The number of benzene rings is 1. The zero-order chi connectivity index (χ0) is 19.5. The highest BCUT2D eigenvalue weighted by Gasteiger charge is 2.49. The predicted octanol–water partition coefficient (Wildman–Crippen LogP) is 4.09. The van der Waals surface area contributed by atoms with Crippen LogP contribution in [0.1, 0.15) is 52.0 Å². The van der Waals surface area contributed by atoms with Gasteiger partial charge in [0.2, 0.25) is 0 Å². The van der Waals surface area contributed by atoms with Crippen LogP contribution >= 0.6 is 0 Å². The topological polar surface area (TPSA) is 67.9 Å². The number of nitrogens with zero attached hydrogens (tertiary/aromatic N) is 1. The number of likely N-dealkylation sites (tertiary alicyclic amines) is 1. The number of carbonyl (C=O) groups is 2. The number of hydrogen-bond donors (Lipinski definition) is 1. The standard InChI is InChI=1S/C21H30N2O4/c1-20(2,3)27-19(25)23-13-11-21(12-14-23)10-9-17(21)22-18(24)26-15-16-7-5-4-6-8-16/h4-8,17H,9-15H2,1-3H3,(H,22,24)/t17-/m1/s1. The first kappa shape index (κ1) is 19.5. The number of amides is 2. The highest BCUT2D eigenvalue weighted by molar-refractivity contribution is 5.69. The molecule has 1 aromatic carbocycles. The minimum atomic E-state index is -0.477. The van der Waals surface area contributed by atoms with E-state index < -0.39 is 5.60 Å². The van der Waals surface area contributed by atoms with Crippen LogP contribution in [0, 0.1) is 5.41 Å². The highest BCUT2D eigenvalue weighted by Crippen LogP contribution is 2.49. The lowest BCUT2D eigenvalue weighted by Crippen LogP contribution is -2.59. The summed E-state index contributed by atoms with van der Waals surface area (Å²) in [6, 6.07) is 9.79. The van der Waals surface area contributed by atoms with Crippen molar-refractivity contribution in [3.05, 3.63) is 35.9 Å². The second-order valence-electron chi connectivity index (χ2n) is 8.63. The van der Waals surface area contributed by atoms with Gasteiger partial charge in [-0.15, -0.1) is 0 Å². The van der Waals surface area contributed by atoms with Crippen molar-refractivity contribution in [2.45, 2.75) is 64.7 Å². The summed E-state index contributed by atoms with van der Waals surface area (Å²) in [6.45, 7) is 7.26. The van der Waals surface area contributed by atoms with Crippen LogP contribution in [0.2, 0.25) is 0 Å². The Balaban J connectivity index is 1.45. The molecule has 1 saturated heterocycles. The number of alkyl carbamates (subject to hydrolysis) is 1. The first-order chi connectivity index (χ1) is 12.8. The largest absolute Gasteiger partial charge is 0.445 e. The van der Waals surface area contributed by atoms with Gasteiger partial charge in [-0.3, -0.25) is 0 Å². The Morgan fingerprint density at radius 3 is 2.37 bits per heavy atom. The quantitative estimate of drug-likeness (QED) is 0.865. The normalized spacial score (nSPS) is 21.3. The third kappa shape index (κ3) is 4.93. The molecule has 1 atom stereocenters. The lowest BCUT2D eigenvalue weighted by atomic mass is 9.59. The van der Waals surface area contributed by atoms with Crippen molar-refractivity contribution >= 4 is 12.2 Å². The van der Waals surface area contributed by atoms with E-state index in [1.54, 1.807) is 4.90 Å². The molecule has 0 bridgehead atoms. The summed E-state index contributed by atoms with van der Waals surface area (Å²) in [5.74, 6) is 0. The number of hydrogen-bond acceptors (Lipinski definition) is 4. The fraction of sp³-hybridized carbons (Fsp3) is 0.619. The maximum absolute atomic E-state index is 12.2. The molecule has 1 spiro atoms. The molecular weight excluding hydrogens is 344 g/mol. The Kier molecular flexibility index (Phi) is 5.63. The average molecular weight is 374 g/mol. The summed E-state index contributed by atoms with van der Waals surface area (Å²) < 4.78 is 10.8.